The number of carbonyl (C=O) groups excluding carboxylic acids is 1. The summed E-state index contributed by atoms with van der Waals surface area (Å²) >= 11 is 0. The molecule has 0 radical (unpaired) electrons. The van der Waals surface area contributed by atoms with Gasteiger partial charge in [-0.15, -0.1) is 5.10 Å². The van der Waals surface area contributed by atoms with Crippen LogP contribution in [0.4, 0.5) is 8.78 Å². The second-order valence-electron chi connectivity index (χ2n) is 3.99. The van der Waals surface area contributed by atoms with Gasteiger partial charge in [0.15, 0.2) is 0 Å². The van der Waals surface area contributed by atoms with Gasteiger partial charge < -0.3 is 0 Å². The summed E-state index contributed by atoms with van der Waals surface area (Å²) in [6, 6.07) is 0. The van der Waals surface area contributed by atoms with E-state index in [9.17, 15) is 13.6 Å². The number of hydrogen-bond acceptors (Lipinski definition) is 3. The second kappa shape index (κ2) is 3.36. The summed E-state index contributed by atoms with van der Waals surface area (Å²) in [5, 5.41) is 7.41. The average Bonchev–Trinajstić information content (AvgIpc) is 2.46. The van der Waals surface area contributed by atoms with Gasteiger partial charge >= 0.3 is 0 Å². The third-order valence-corrected chi connectivity index (χ3v) is 2.55. The van der Waals surface area contributed by atoms with Gasteiger partial charge in [0, 0.05) is 32.0 Å². The molecule has 1 saturated carbocycles. The lowest BCUT2D eigenvalue weighted by atomic mass is 9.77. The molecule has 2 rings (SSSR count). The highest BCUT2D eigenvalue weighted by atomic mass is 19.3. The summed E-state index contributed by atoms with van der Waals surface area (Å²) < 4.78 is 26.5. The Balaban J connectivity index is 1.89. The number of nitrogens with zero attached hydrogens (tertiary/aromatic N) is 3. The van der Waals surface area contributed by atoms with E-state index in [0.29, 0.717) is 5.69 Å². The Labute approximate surface area is 85.3 Å². The van der Waals surface area contributed by atoms with E-state index in [0.717, 1.165) is 0 Å². The third-order valence-electron chi connectivity index (χ3n) is 2.55. The van der Waals surface area contributed by atoms with Gasteiger partial charge in [0.05, 0.1) is 12.1 Å². The smallest absolute Gasteiger partial charge is 0.249 e. The number of halogens is 2. The van der Waals surface area contributed by atoms with E-state index in [4.69, 9.17) is 0 Å². The Morgan fingerprint density at radius 1 is 1.67 bits per heavy atom. The lowest BCUT2D eigenvalue weighted by molar-refractivity contribution is -0.147. The van der Waals surface area contributed by atoms with E-state index in [2.05, 4.69) is 10.3 Å². The molecule has 6 heteroatoms. The number of Topliss-reactive ketones (excluding diaryl/α,β-unsaturated/α-hetero) is 1. The van der Waals surface area contributed by atoms with Crippen LogP contribution >= 0.6 is 0 Å². The van der Waals surface area contributed by atoms with Gasteiger partial charge in [0.25, 0.3) is 0 Å². The number of hydrogen-bond donors (Lipinski definition) is 0. The highest BCUT2D eigenvalue weighted by Crippen LogP contribution is 2.43. The van der Waals surface area contributed by atoms with Crippen LogP contribution in [0.15, 0.2) is 6.20 Å². The molecule has 0 atom stereocenters. The molecule has 15 heavy (non-hydrogen) atoms. The number of ketones is 1. The molecular weight excluding hydrogens is 204 g/mol. The number of alkyl halides is 2. The molecule has 0 saturated heterocycles. The molecule has 0 unspecified atom stereocenters. The zero-order valence-electron chi connectivity index (χ0n) is 8.28. The van der Waals surface area contributed by atoms with Gasteiger partial charge in [0.1, 0.15) is 5.78 Å². The van der Waals surface area contributed by atoms with Gasteiger partial charge in [-0.1, -0.05) is 5.21 Å². The molecule has 1 aromatic heterocycles. The summed E-state index contributed by atoms with van der Waals surface area (Å²) in [6.45, 7) is 0. The largest absolute Gasteiger partial charge is 0.299 e. The Morgan fingerprint density at radius 3 is 2.80 bits per heavy atom. The highest BCUT2D eigenvalue weighted by molar-refractivity contribution is 5.83. The zero-order chi connectivity index (χ0) is 11.1. The van der Waals surface area contributed by atoms with Crippen molar-refractivity contribution in [3.63, 3.8) is 0 Å². The Bertz CT molecular complexity index is 380. The molecule has 0 amide bonds. The van der Waals surface area contributed by atoms with Gasteiger partial charge in [-0.2, -0.15) is 0 Å². The van der Waals surface area contributed by atoms with E-state index in [1.807, 2.05) is 0 Å². The van der Waals surface area contributed by atoms with E-state index < -0.39 is 11.8 Å². The van der Waals surface area contributed by atoms with Crippen molar-refractivity contribution in [1.29, 1.82) is 0 Å². The van der Waals surface area contributed by atoms with E-state index >= 15 is 0 Å². The van der Waals surface area contributed by atoms with Crippen molar-refractivity contribution in [2.75, 3.05) is 0 Å². The molecular formula is C9H11F2N3O. The standard InChI is InChI=1S/C9H11F2N3O/c1-14-5-7(12-13-14)2-8(15)6-3-9(10,11)4-6/h5-6H,2-4H2,1H3. The molecule has 0 spiro atoms. The first-order chi connectivity index (χ1) is 6.96. The summed E-state index contributed by atoms with van der Waals surface area (Å²) in [6.07, 6.45) is 1.10. The normalized spacial score (nSPS) is 19.9. The molecule has 1 aliphatic rings. The van der Waals surface area contributed by atoms with Crippen LogP contribution in [0.3, 0.4) is 0 Å². The number of aryl methyl sites for hydroxylation is 1. The van der Waals surface area contributed by atoms with E-state index in [1.165, 1.54) is 4.68 Å². The van der Waals surface area contributed by atoms with E-state index in [1.54, 1.807) is 13.2 Å². The number of aromatic nitrogens is 3. The average molecular weight is 215 g/mol. The first-order valence-electron chi connectivity index (χ1n) is 4.72. The van der Waals surface area contributed by atoms with Crippen LogP contribution in [-0.4, -0.2) is 26.7 Å². The quantitative estimate of drug-likeness (QED) is 0.754. The predicted molar refractivity (Wildman–Crippen MR) is 47.4 cm³/mol. The maximum atomic E-state index is 12.5. The third kappa shape index (κ3) is 2.19. The van der Waals surface area contributed by atoms with Crippen LogP contribution in [0, 0.1) is 5.92 Å². The summed E-state index contributed by atoms with van der Waals surface area (Å²) in [5.74, 6) is -3.30. The zero-order valence-corrected chi connectivity index (χ0v) is 8.28. The van der Waals surface area contributed by atoms with Gasteiger partial charge in [-0.05, 0) is 0 Å². The van der Waals surface area contributed by atoms with Gasteiger partial charge in [-0.25, -0.2) is 8.78 Å². The topological polar surface area (TPSA) is 47.8 Å². The maximum Gasteiger partial charge on any atom is 0.249 e. The van der Waals surface area contributed by atoms with Crippen LogP contribution in [-0.2, 0) is 18.3 Å². The fraction of sp³-hybridized carbons (Fsp3) is 0.667. The van der Waals surface area contributed by atoms with Crippen molar-refractivity contribution in [2.24, 2.45) is 13.0 Å². The molecule has 1 aromatic rings. The highest BCUT2D eigenvalue weighted by Gasteiger charge is 2.48. The molecule has 0 aromatic carbocycles. The molecule has 0 N–H and O–H groups in total. The minimum atomic E-state index is -2.64. The first kappa shape index (κ1) is 10.2. The maximum absolute atomic E-state index is 12.5. The lowest BCUT2D eigenvalue weighted by Crippen LogP contribution is -2.40. The van der Waals surface area contributed by atoms with Crippen molar-refractivity contribution in [3.05, 3.63) is 11.9 Å². The minimum absolute atomic E-state index is 0.106. The molecule has 1 heterocycles. The number of rotatable bonds is 3. The number of carbonyl (C=O) groups is 1. The van der Waals surface area contributed by atoms with Crippen molar-refractivity contribution >= 4 is 5.78 Å². The molecule has 0 bridgehead atoms. The fourth-order valence-corrected chi connectivity index (χ4v) is 1.69. The van der Waals surface area contributed by atoms with Crippen LogP contribution in [0.25, 0.3) is 0 Å². The van der Waals surface area contributed by atoms with Crippen LogP contribution in [0.5, 0.6) is 0 Å². The Kier molecular flexibility index (Phi) is 2.28. The van der Waals surface area contributed by atoms with E-state index in [-0.39, 0.29) is 25.0 Å². The minimum Gasteiger partial charge on any atom is -0.299 e. The molecule has 1 fully saturated rings. The van der Waals surface area contributed by atoms with Crippen LogP contribution in [0.2, 0.25) is 0 Å². The monoisotopic (exact) mass is 215 g/mol. The van der Waals surface area contributed by atoms with Crippen LogP contribution < -0.4 is 0 Å². The predicted octanol–water partition coefficient (Wildman–Crippen LogP) is 0.972. The molecule has 82 valence electrons. The van der Waals surface area contributed by atoms with Crippen molar-refractivity contribution in [3.8, 4) is 0 Å². The van der Waals surface area contributed by atoms with Crippen LogP contribution in [0.1, 0.15) is 18.5 Å². The lowest BCUT2D eigenvalue weighted by Gasteiger charge is -2.33. The summed E-state index contributed by atoms with van der Waals surface area (Å²) in [5.41, 5.74) is 0.540. The molecule has 4 nitrogen and oxygen atoms in total. The SMILES string of the molecule is Cn1cc(CC(=O)C2CC(F)(F)C2)nn1. The fourth-order valence-electron chi connectivity index (χ4n) is 1.69. The second-order valence-corrected chi connectivity index (χ2v) is 3.99. The first-order valence-corrected chi connectivity index (χ1v) is 4.72. The van der Waals surface area contributed by atoms with Gasteiger partial charge in [-0.3, -0.25) is 9.48 Å². The van der Waals surface area contributed by atoms with Crippen molar-refractivity contribution < 1.29 is 13.6 Å². The molecule has 1 aliphatic carbocycles. The summed E-state index contributed by atoms with van der Waals surface area (Å²) in [7, 11) is 1.69. The van der Waals surface area contributed by atoms with Crippen molar-refractivity contribution in [2.45, 2.75) is 25.2 Å². The summed E-state index contributed by atoms with van der Waals surface area (Å²) in [4.78, 5) is 11.5. The Morgan fingerprint density at radius 2 is 2.33 bits per heavy atom. The molecule has 0 aliphatic heterocycles. The van der Waals surface area contributed by atoms with Gasteiger partial charge in [0.2, 0.25) is 5.92 Å². The van der Waals surface area contributed by atoms with Crippen molar-refractivity contribution in [1.82, 2.24) is 15.0 Å². The Hall–Kier alpha value is -1.33.